The molecule has 3 aromatic rings. The van der Waals surface area contributed by atoms with E-state index in [4.69, 9.17) is 9.47 Å². The number of nitrogens with zero attached hydrogens (tertiary/aromatic N) is 4. The molecule has 1 N–H and O–H groups in total. The Bertz CT molecular complexity index is 904. The summed E-state index contributed by atoms with van der Waals surface area (Å²) >= 11 is 0. The highest BCUT2D eigenvalue weighted by Crippen LogP contribution is 2.36. The van der Waals surface area contributed by atoms with Crippen LogP contribution >= 0.6 is 0 Å². The van der Waals surface area contributed by atoms with Crippen molar-refractivity contribution < 1.29 is 9.47 Å². The number of ether oxygens (including phenoxy) is 2. The fourth-order valence-corrected chi connectivity index (χ4v) is 3.36. The quantitative estimate of drug-likeness (QED) is 0.695. The van der Waals surface area contributed by atoms with Crippen LogP contribution in [0.3, 0.4) is 0 Å². The highest BCUT2D eigenvalue weighted by molar-refractivity contribution is 5.58. The number of nitrogens with one attached hydrogen (secondary N) is 1. The maximum absolute atomic E-state index is 6.11. The largest absolute Gasteiger partial charge is 0.491 e. The molecule has 0 aliphatic carbocycles. The van der Waals surface area contributed by atoms with Crippen LogP contribution < -0.4 is 10.1 Å². The van der Waals surface area contributed by atoms with Crippen LogP contribution in [0.25, 0.3) is 5.82 Å². The lowest BCUT2D eigenvalue weighted by molar-refractivity contribution is 0.0843. The van der Waals surface area contributed by atoms with Crippen LogP contribution in [-0.2, 0) is 4.74 Å². The average Bonchev–Trinajstić information content (AvgIpc) is 3.18. The van der Waals surface area contributed by atoms with Crippen molar-refractivity contribution in [2.75, 3.05) is 18.5 Å². The molecule has 7 nitrogen and oxygen atoms in total. The number of aromatic nitrogens is 4. The second-order valence-electron chi connectivity index (χ2n) is 7.13. The van der Waals surface area contributed by atoms with E-state index >= 15 is 0 Å². The summed E-state index contributed by atoms with van der Waals surface area (Å²) in [5.74, 6) is 2.62. The van der Waals surface area contributed by atoms with E-state index in [0.717, 1.165) is 43.3 Å². The third-order valence-corrected chi connectivity index (χ3v) is 4.67. The number of anilines is 2. The minimum absolute atomic E-state index is 0.107. The Morgan fingerprint density at radius 1 is 1.14 bits per heavy atom. The third kappa shape index (κ3) is 4.31. The average molecular weight is 379 g/mol. The van der Waals surface area contributed by atoms with Crippen LogP contribution in [-0.4, -0.2) is 39.1 Å². The molecule has 1 aromatic carbocycles. The van der Waals surface area contributed by atoms with Crippen LogP contribution in [0.15, 0.2) is 48.9 Å². The summed E-state index contributed by atoms with van der Waals surface area (Å²) < 4.78 is 13.3. The number of rotatable bonds is 6. The minimum Gasteiger partial charge on any atom is -0.491 e. The molecular weight excluding hydrogens is 354 g/mol. The zero-order chi connectivity index (χ0) is 19.3. The maximum atomic E-state index is 6.11. The standard InChI is InChI=1S/C21H25N5O2/c1-15(2)28-19-13-17(6-7-18(19)16-8-11-27-12-9-16)24-21-23-14-26(25-21)20-5-3-4-10-22-20/h3-7,10,13-16H,8-9,11-12H2,1-2H3,(H,24,25). The van der Waals surface area contributed by atoms with E-state index < -0.39 is 0 Å². The monoisotopic (exact) mass is 379 g/mol. The molecule has 28 heavy (non-hydrogen) atoms. The van der Waals surface area contributed by atoms with Crippen LogP contribution in [0.4, 0.5) is 11.6 Å². The van der Waals surface area contributed by atoms with Crippen molar-refractivity contribution in [1.29, 1.82) is 0 Å². The zero-order valence-electron chi connectivity index (χ0n) is 16.2. The Hall–Kier alpha value is -2.93. The molecule has 0 spiro atoms. The molecule has 4 rings (SSSR count). The van der Waals surface area contributed by atoms with Gasteiger partial charge in [-0.3, -0.25) is 0 Å². The Labute approximate surface area is 164 Å². The number of benzene rings is 1. The van der Waals surface area contributed by atoms with Crippen molar-refractivity contribution in [2.24, 2.45) is 0 Å². The summed E-state index contributed by atoms with van der Waals surface area (Å²) in [5.41, 5.74) is 2.14. The van der Waals surface area contributed by atoms with Crippen molar-refractivity contribution >= 4 is 11.6 Å². The Kier molecular flexibility index (Phi) is 5.53. The van der Waals surface area contributed by atoms with Gasteiger partial charge in [-0.1, -0.05) is 12.1 Å². The first kappa shape index (κ1) is 18.4. The van der Waals surface area contributed by atoms with Gasteiger partial charge in [0.05, 0.1) is 6.10 Å². The van der Waals surface area contributed by atoms with Crippen LogP contribution in [0.5, 0.6) is 5.75 Å². The van der Waals surface area contributed by atoms with Crippen LogP contribution in [0.2, 0.25) is 0 Å². The number of hydrogen-bond acceptors (Lipinski definition) is 6. The van der Waals surface area contributed by atoms with Gasteiger partial charge in [0.15, 0.2) is 5.82 Å². The summed E-state index contributed by atoms with van der Waals surface area (Å²) in [6.45, 7) is 5.70. The maximum Gasteiger partial charge on any atom is 0.247 e. The van der Waals surface area contributed by atoms with Crippen LogP contribution in [0, 0.1) is 0 Å². The third-order valence-electron chi connectivity index (χ3n) is 4.67. The lowest BCUT2D eigenvalue weighted by Crippen LogP contribution is -2.16. The molecule has 0 atom stereocenters. The van der Waals surface area contributed by atoms with Crippen molar-refractivity contribution in [3.8, 4) is 11.6 Å². The van der Waals surface area contributed by atoms with E-state index in [0.29, 0.717) is 11.9 Å². The van der Waals surface area contributed by atoms with E-state index in [1.54, 1.807) is 17.2 Å². The molecular formula is C21H25N5O2. The van der Waals surface area contributed by atoms with E-state index in [9.17, 15) is 0 Å². The lowest BCUT2D eigenvalue weighted by Gasteiger charge is -2.25. The Balaban J connectivity index is 1.55. The Morgan fingerprint density at radius 3 is 2.75 bits per heavy atom. The van der Waals surface area contributed by atoms with Crippen molar-refractivity contribution in [2.45, 2.75) is 38.7 Å². The number of hydrogen-bond donors (Lipinski definition) is 1. The number of pyridine rings is 1. The fourth-order valence-electron chi connectivity index (χ4n) is 3.36. The molecule has 7 heteroatoms. The van der Waals surface area contributed by atoms with Gasteiger partial charge in [0.2, 0.25) is 5.95 Å². The summed E-state index contributed by atoms with van der Waals surface area (Å²) in [4.78, 5) is 8.62. The van der Waals surface area contributed by atoms with Crippen molar-refractivity contribution in [1.82, 2.24) is 19.7 Å². The second-order valence-corrected chi connectivity index (χ2v) is 7.13. The lowest BCUT2D eigenvalue weighted by atomic mass is 9.91. The smallest absolute Gasteiger partial charge is 0.247 e. The van der Waals surface area contributed by atoms with Crippen LogP contribution in [0.1, 0.15) is 38.2 Å². The van der Waals surface area contributed by atoms with E-state index in [1.165, 1.54) is 5.56 Å². The van der Waals surface area contributed by atoms with Crippen molar-refractivity contribution in [3.63, 3.8) is 0 Å². The second kappa shape index (κ2) is 8.39. The molecule has 1 aliphatic heterocycles. The molecule has 2 aromatic heterocycles. The molecule has 0 bridgehead atoms. The first-order valence-electron chi connectivity index (χ1n) is 9.67. The summed E-state index contributed by atoms with van der Waals surface area (Å²) in [6, 6.07) is 11.9. The molecule has 0 amide bonds. The van der Waals surface area contributed by atoms with Gasteiger partial charge in [-0.15, -0.1) is 5.10 Å². The molecule has 146 valence electrons. The van der Waals surface area contributed by atoms with Gasteiger partial charge in [-0.05, 0) is 56.4 Å². The highest BCUT2D eigenvalue weighted by atomic mass is 16.5. The van der Waals surface area contributed by atoms with Gasteiger partial charge < -0.3 is 14.8 Å². The molecule has 1 fully saturated rings. The van der Waals surface area contributed by atoms with E-state index in [1.807, 2.05) is 38.1 Å². The van der Waals surface area contributed by atoms with Gasteiger partial charge in [0.1, 0.15) is 12.1 Å². The first-order chi connectivity index (χ1) is 13.7. The molecule has 3 heterocycles. The molecule has 0 unspecified atom stereocenters. The SMILES string of the molecule is CC(C)Oc1cc(Nc2ncn(-c3ccccn3)n2)ccc1C1CCOCC1. The van der Waals surface area contributed by atoms with Gasteiger partial charge in [0, 0.05) is 31.2 Å². The van der Waals surface area contributed by atoms with E-state index in [2.05, 4.69) is 32.5 Å². The molecule has 0 saturated carbocycles. The van der Waals surface area contributed by atoms with Gasteiger partial charge in [0.25, 0.3) is 0 Å². The normalized spacial score (nSPS) is 15.0. The molecule has 1 aliphatic rings. The predicted octanol–water partition coefficient (Wildman–Crippen LogP) is 4.09. The zero-order valence-corrected chi connectivity index (χ0v) is 16.2. The van der Waals surface area contributed by atoms with Gasteiger partial charge >= 0.3 is 0 Å². The molecule has 1 saturated heterocycles. The van der Waals surface area contributed by atoms with Gasteiger partial charge in [-0.25, -0.2) is 9.67 Å². The minimum atomic E-state index is 0.107. The summed E-state index contributed by atoms with van der Waals surface area (Å²) in [6.07, 6.45) is 5.53. The van der Waals surface area contributed by atoms with Gasteiger partial charge in [-0.2, -0.15) is 4.98 Å². The first-order valence-corrected chi connectivity index (χ1v) is 9.67. The summed E-state index contributed by atoms with van der Waals surface area (Å²) in [5, 5.41) is 7.72. The highest BCUT2D eigenvalue weighted by Gasteiger charge is 2.20. The van der Waals surface area contributed by atoms with E-state index in [-0.39, 0.29) is 6.10 Å². The Morgan fingerprint density at radius 2 is 2.00 bits per heavy atom. The summed E-state index contributed by atoms with van der Waals surface area (Å²) in [7, 11) is 0. The predicted molar refractivity (Wildman–Crippen MR) is 107 cm³/mol. The topological polar surface area (TPSA) is 74.1 Å². The molecule has 0 radical (unpaired) electrons. The fraction of sp³-hybridized carbons (Fsp3) is 0.381. The van der Waals surface area contributed by atoms with Crippen molar-refractivity contribution in [3.05, 3.63) is 54.5 Å².